The topological polar surface area (TPSA) is 55.4 Å². The Bertz CT molecular complexity index is 819. The SMILES string of the molecule is O=C1NC(=O)/C(=C\c2ccc(Oc3ccc(Cl)c(Cl)c3)cc2)S1. The second-order valence-electron chi connectivity index (χ2n) is 4.60. The van der Waals surface area contributed by atoms with Crippen LogP contribution in [0.4, 0.5) is 4.79 Å². The van der Waals surface area contributed by atoms with Crippen molar-refractivity contribution in [1.29, 1.82) is 0 Å². The summed E-state index contributed by atoms with van der Waals surface area (Å²) in [6.07, 6.45) is 1.65. The summed E-state index contributed by atoms with van der Waals surface area (Å²) in [5, 5.41) is 2.73. The Labute approximate surface area is 146 Å². The van der Waals surface area contributed by atoms with Crippen LogP contribution in [-0.2, 0) is 4.79 Å². The number of hydrogen-bond donors (Lipinski definition) is 1. The van der Waals surface area contributed by atoms with Gasteiger partial charge in [-0.25, -0.2) is 0 Å². The van der Waals surface area contributed by atoms with Crippen LogP contribution in [0.1, 0.15) is 5.56 Å². The van der Waals surface area contributed by atoms with Crippen molar-refractivity contribution in [2.45, 2.75) is 0 Å². The van der Waals surface area contributed by atoms with E-state index in [2.05, 4.69) is 5.32 Å². The van der Waals surface area contributed by atoms with E-state index in [0.717, 1.165) is 17.3 Å². The smallest absolute Gasteiger partial charge is 0.290 e. The van der Waals surface area contributed by atoms with Gasteiger partial charge in [0.05, 0.1) is 15.0 Å². The Hall–Kier alpha value is -1.95. The second-order valence-corrected chi connectivity index (χ2v) is 6.43. The minimum absolute atomic E-state index is 0.360. The molecule has 0 aromatic heterocycles. The van der Waals surface area contributed by atoms with Gasteiger partial charge < -0.3 is 4.74 Å². The number of carbonyl (C=O) groups excluding carboxylic acids is 2. The summed E-state index contributed by atoms with van der Waals surface area (Å²) in [5.41, 5.74) is 0.791. The number of halogens is 2. The van der Waals surface area contributed by atoms with Gasteiger partial charge in [0.2, 0.25) is 0 Å². The maximum Gasteiger partial charge on any atom is 0.290 e. The Kier molecular flexibility index (Phi) is 4.61. The summed E-state index contributed by atoms with van der Waals surface area (Å²) in [4.78, 5) is 23.0. The van der Waals surface area contributed by atoms with Gasteiger partial charge in [0.1, 0.15) is 11.5 Å². The van der Waals surface area contributed by atoms with E-state index in [1.165, 1.54) is 0 Å². The Morgan fingerprint density at radius 2 is 1.65 bits per heavy atom. The van der Waals surface area contributed by atoms with Crippen molar-refractivity contribution >= 4 is 52.2 Å². The lowest BCUT2D eigenvalue weighted by atomic mass is 10.2. The molecule has 2 aromatic carbocycles. The zero-order chi connectivity index (χ0) is 16.4. The largest absolute Gasteiger partial charge is 0.457 e. The summed E-state index contributed by atoms with van der Waals surface area (Å²) >= 11 is 12.7. The monoisotopic (exact) mass is 365 g/mol. The van der Waals surface area contributed by atoms with E-state index in [0.29, 0.717) is 26.4 Å². The molecule has 1 saturated heterocycles. The molecule has 3 rings (SSSR count). The number of ether oxygens (including phenoxy) is 1. The van der Waals surface area contributed by atoms with Crippen LogP contribution in [-0.4, -0.2) is 11.1 Å². The zero-order valence-electron chi connectivity index (χ0n) is 11.5. The first-order valence-corrected chi connectivity index (χ1v) is 8.06. The van der Waals surface area contributed by atoms with Crippen LogP contribution in [0.2, 0.25) is 10.0 Å². The minimum Gasteiger partial charge on any atom is -0.457 e. The first-order valence-electron chi connectivity index (χ1n) is 6.49. The molecule has 1 N–H and O–H groups in total. The predicted octanol–water partition coefficient (Wildman–Crippen LogP) is 5.11. The third-order valence-electron chi connectivity index (χ3n) is 2.95. The summed E-state index contributed by atoms with van der Waals surface area (Å²) in [5.74, 6) is 0.808. The summed E-state index contributed by atoms with van der Waals surface area (Å²) in [6, 6.07) is 12.1. The number of hydrogen-bond acceptors (Lipinski definition) is 4. The van der Waals surface area contributed by atoms with Crippen molar-refractivity contribution in [3.05, 3.63) is 63.0 Å². The van der Waals surface area contributed by atoms with E-state index in [1.807, 2.05) is 0 Å². The summed E-state index contributed by atoms with van der Waals surface area (Å²) in [6.45, 7) is 0. The van der Waals surface area contributed by atoms with Crippen LogP contribution in [0.15, 0.2) is 47.4 Å². The molecule has 1 heterocycles. The van der Waals surface area contributed by atoms with Gasteiger partial charge in [0.15, 0.2) is 0 Å². The van der Waals surface area contributed by atoms with E-state index in [4.69, 9.17) is 27.9 Å². The van der Waals surface area contributed by atoms with Crippen molar-refractivity contribution in [3.8, 4) is 11.5 Å². The fourth-order valence-electron chi connectivity index (χ4n) is 1.88. The molecule has 0 unspecified atom stereocenters. The highest BCUT2D eigenvalue weighted by Gasteiger charge is 2.24. The molecule has 7 heteroatoms. The van der Waals surface area contributed by atoms with Gasteiger partial charge in [-0.3, -0.25) is 14.9 Å². The number of nitrogens with one attached hydrogen (secondary N) is 1. The van der Waals surface area contributed by atoms with E-state index in [1.54, 1.807) is 48.5 Å². The summed E-state index contributed by atoms with van der Waals surface area (Å²) < 4.78 is 5.67. The van der Waals surface area contributed by atoms with Gasteiger partial charge >= 0.3 is 0 Å². The number of carbonyl (C=O) groups is 2. The van der Waals surface area contributed by atoms with Crippen LogP contribution in [0.3, 0.4) is 0 Å². The number of thioether (sulfide) groups is 1. The van der Waals surface area contributed by atoms with Gasteiger partial charge in [-0.15, -0.1) is 0 Å². The van der Waals surface area contributed by atoms with E-state index >= 15 is 0 Å². The molecule has 0 spiro atoms. The Morgan fingerprint density at radius 1 is 0.957 bits per heavy atom. The average Bonchev–Trinajstić information content (AvgIpc) is 2.83. The molecular weight excluding hydrogens is 357 g/mol. The Balaban J connectivity index is 1.74. The van der Waals surface area contributed by atoms with Crippen molar-refractivity contribution in [1.82, 2.24) is 5.32 Å². The molecule has 1 aliphatic rings. The van der Waals surface area contributed by atoms with Crippen molar-refractivity contribution in [2.75, 3.05) is 0 Å². The van der Waals surface area contributed by atoms with Crippen LogP contribution in [0, 0.1) is 0 Å². The summed E-state index contributed by atoms with van der Waals surface area (Å²) in [7, 11) is 0. The Morgan fingerprint density at radius 3 is 2.26 bits per heavy atom. The highest BCUT2D eigenvalue weighted by atomic mass is 35.5. The van der Waals surface area contributed by atoms with Crippen molar-refractivity contribution < 1.29 is 14.3 Å². The fourth-order valence-corrected chi connectivity index (χ4v) is 2.85. The van der Waals surface area contributed by atoms with Gasteiger partial charge in [-0.05, 0) is 47.7 Å². The molecule has 1 fully saturated rings. The molecule has 116 valence electrons. The molecule has 2 amide bonds. The maximum atomic E-state index is 11.5. The third kappa shape index (κ3) is 3.88. The predicted molar refractivity (Wildman–Crippen MR) is 92.1 cm³/mol. The molecule has 0 bridgehead atoms. The van der Waals surface area contributed by atoms with Gasteiger partial charge in [0.25, 0.3) is 11.1 Å². The molecule has 4 nitrogen and oxygen atoms in total. The molecule has 0 atom stereocenters. The van der Waals surface area contributed by atoms with Crippen LogP contribution in [0.5, 0.6) is 11.5 Å². The van der Waals surface area contributed by atoms with E-state index < -0.39 is 0 Å². The second kappa shape index (κ2) is 6.66. The molecular formula is C16H9Cl2NO3S. The third-order valence-corrected chi connectivity index (χ3v) is 4.50. The minimum atomic E-state index is -0.379. The van der Waals surface area contributed by atoms with Gasteiger partial charge in [0, 0.05) is 6.07 Å². The average molecular weight is 366 g/mol. The maximum absolute atomic E-state index is 11.5. The lowest BCUT2D eigenvalue weighted by molar-refractivity contribution is -0.115. The molecule has 2 aromatic rings. The van der Waals surface area contributed by atoms with Crippen molar-refractivity contribution in [3.63, 3.8) is 0 Å². The molecule has 0 aliphatic carbocycles. The van der Waals surface area contributed by atoms with Crippen LogP contribution < -0.4 is 10.1 Å². The fraction of sp³-hybridized carbons (Fsp3) is 0. The first-order chi connectivity index (χ1) is 11.0. The number of benzene rings is 2. The van der Waals surface area contributed by atoms with Gasteiger partial charge in [-0.1, -0.05) is 35.3 Å². The number of amides is 2. The number of imide groups is 1. The van der Waals surface area contributed by atoms with E-state index in [-0.39, 0.29) is 11.1 Å². The standard InChI is InChI=1S/C16H9Cl2NO3S/c17-12-6-5-11(8-13(12)18)22-10-3-1-9(2-4-10)7-14-15(20)19-16(21)23-14/h1-8H,(H,19,20,21)/b14-7+. The highest BCUT2D eigenvalue weighted by molar-refractivity contribution is 8.18. The van der Waals surface area contributed by atoms with Crippen LogP contribution >= 0.6 is 35.0 Å². The molecule has 0 saturated carbocycles. The lowest BCUT2D eigenvalue weighted by Crippen LogP contribution is -2.17. The first kappa shape index (κ1) is 15.9. The molecule has 23 heavy (non-hydrogen) atoms. The van der Waals surface area contributed by atoms with Gasteiger partial charge in [-0.2, -0.15) is 0 Å². The molecule has 0 radical (unpaired) electrons. The van der Waals surface area contributed by atoms with E-state index in [9.17, 15) is 9.59 Å². The normalized spacial score (nSPS) is 15.8. The molecule has 1 aliphatic heterocycles. The zero-order valence-corrected chi connectivity index (χ0v) is 13.8. The highest BCUT2D eigenvalue weighted by Crippen LogP contribution is 2.30. The number of rotatable bonds is 3. The van der Waals surface area contributed by atoms with Crippen molar-refractivity contribution in [2.24, 2.45) is 0 Å². The quantitative estimate of drug-likeness (QED) is 0.767. The lowest BCUT2D eigenvalue weighted by Gasteiger charge is -2.07. The van der Waals surface area contributed by atoms with Crippen LogP contribution in [0.25, 0.3) is 6.08 Å².